The Hall–Kier alpha value is -2.29. The van der Waals surface area contributed by atoms with E-state index in [0.29, 0.717) is 31.2 Å². The number of hydrogen-bond donors (Lipinski definition) is 0. The van der Waals surface area contributed by atoms with Crippen molar-refractivity contribution in [3.8, 4) is 0 Å². The van der Waals surface area contributed by atoms with Crippen LogP contribution in [0.3, 0.4) is 0 Å². The van der Waals surface area contributed by atoms with Gasteiger partial charge in [0, 0.05) is 24.3 Å². The largest absolute Gasteiger partial charge is 0.416 e. The number of alkyl halides is 5. The molecule has 3 rings (SSSR count). The Labute approximate surface area is 209 Å². The molecule has 0 aromatic heterocycles. The Morgan fingerprint density at radius 2 is 1.56 bits per heavy atom. The molecule has 0 spiro atoms. The molecule has 1 aliphatic rings. The highest BCUT2D eigenvalue weighted by molar-refractivity contribution is 7.92. The molecule has 1 fully saturated rings. The summed E-state index contributed by atoms with van der Waals surface area (Å²) in [5, 5.41) is 0. The summed E-state index contributed by atoms with van der Waals surface area (Å²) in [6.07, 6.45) is -2.80. The fourth-order valence-corrected chi connectivity index (χ4v) is 6.38. The van der Waals surface area contributed by atoms with Gasteiger partial charge in [-0.25, -0.2) is 17.2 Å². The zero-order chi connectivity index (χ0) is 26.9. The van der Waals surface area contributed by atoms with E-state index in [-0.39, 0.29) is 34.5 Å². The fraction of sp³-hybridized carbons (Fsp3) is 0.519. The SMILES string of the molecule is CCC(F)(F)c1cccc(S(=O)(=O)C(C)(C)C2CC(C(=O)CCCc3ccc(C(F)(F)F)cc3)C2)c1. The molecule has 0 unspecified atom stereocenters. The van der Waals surface area contributed by atoms with Gasteiger partial charge in [-0.2, -0.15) is 13.2 Å². The summed E-state index contributed by atoms with van der Waals surface area (Å²) in [5.74, 6) is -3.67. The average Bonchev–Trinajstić information content (AvgIpc) is 2.77. The number of Topliss-reactive ketones (excluding diaryl/α,β-unsaturated/α-hetero) is 1. The molecular weight excluding hydrogens is 499 g/mol. The molecular formula is C27H31F5O3S. The smallest absolute Gasteiger partial charge is 0.299 e. The van der Waals surface area contributed by atoms with E-state index >= 15 is 0 Å². The molecule has 0 heterocycles. The van der Waals surface area contributed by atoms with Crippen LogP contribution in [0.25, 0.3) is 0 Å². The molecule has 198 valence electrons. The van der Waals surface area contributed by atoms with Gasteiger partial charge >= 0.3 is 6.18 Å². The lowest BCUT2D eigenvalue weighted by molar-refractivity contribution is -0.137. The minimum Gasteiger partial charge on any atom is -0.299 e. The van der Waals surface area contributed by atoms with Gasteiger partial charge in [0.1, 0.15) is 5.78 Å². The summed E-state index contributed by atoms with van der Waals surface area (Å²) in [5.41, 5.74) is -0.340. The van der Waals surface area contributed by atoms with Crippen molar-refractivity contribution >= 4 is 15.6 Å². The highest BCUT2D eigenvalue weighted by atomic mass is 32.2. The quantitative estimate of drug-likeness (QED) is 0.301. The van der Waals surface area contributed by atoms with Gasteiger partial charge in [-0.05, 0) is 75.3 Å². The first kappa shape index (κ1) is 28.3. The zero-order valence-corrected chi connectivity index (χ0v) is 21.4. The van der Waals surface area contributed by atoms with Crippen LogP contribution in [-0.4, -0.2) is 18.9 Å². The van der Waals surface area contributed by atoms with Crippen LogP contribution in [-0.2, 0) is 33.2 Å². The van der Waals surface area contributed by atoms with Gasteiger partial charge in [-0.3, -0.25) is 4.79 Å². The first-order chi connectivity index (χ1) is 16.6. The molecule has 1 saturated carbocycles. The normalized spacial score (nSPS) is 19.1. The van der Waals surface area contributed by atoms with Crippen LogP contribution < -0.4 is 0 Å². The molecule has 0 saturated heterocycles. The van der Waals surface area contributed by atoms with E-state index in [2.05, 4.69) is 0 Å². The summed E-state index contributed by atoms with van der Waals surface area (Å²) in [6.45, 7) is 4.48. The maximum absolute atomic E-state index is 14.1. The number of hydrogen-bond acceptors (Lipinski definition) is 3. The Bertz CT molecular complexity index is 1180. The Morgan fingerprint density at radius 3 is 2.11 bits per heavy atom. The predicted molar refractivity (Wildman–Crippen MR) is 127 cm³/mol. The van der Waals surface area contributed by atoms with E-state index in [4.69, 9.17) is 0 Å². The van der Waals surface area contributed by atoms with Crippen molar-refractivity contribution in [2.24, 2.45) is 11.8 Å². The van der Waals surface area contributed by atoms with Crippen LogP contribution in [0.4, 0.5) is 22.0 Å². The number of ketones is 1. The molecule has 36 heavy (non-hydrogen) atoms. The fourth-order valence-electron chi connectivity index (χ4n) is 4.60. The Morgan fingerprint density at radius 1 is 0.944 bits per heavy atom. The second kappa shape index (κ2) is 10.2. The first-order valence-electron chi connectivity index (χ1n) is 12.0. The minimum atomic E-state index is -4.39. The van der Waals surface area contributed by atoms with E-state index in [1.807, 2.05) is 0 Å². The van der Waals surface area contributed by atoms with Crippen LogP contribution >= 0.6 is 0 Å². The van der Waals surface area contributed by atoms with Gasteiger partial charge in [0.25, 0.3) is 5.92 Å². The molecule has 3 nitrogen and oxygen atoms in total. The molecule has 2 aromatic carbocycles. The van der Waals surface area contributed by atoms with Crippen molar-refractivity contribution in [2.45, 2.75) is 81.0 Å². The monoisotopic (exact) mass is 530 g/mol. The van der Waals surface area contributed by atoms with Crippen molar-refractivity contribution < 1.29 is 35.2 Å². The highest BCUT2D eigenvalue weighted by Gasteiger charge is 2.50. The second-order valence-corrected chi connectivity index (χ2v) is 12.6. The number of carbonyl (C=O) groups excluding carboxylic acids is 1. The van der Waals surface area contributed by atoms with Gasteiger partial charge < -0.3 is 0 Å². The van der Waals surface area contributed by atoms with Crippen LogP contribution in [0.1, 0.15) is 69.6 Å². The Kier molecular flexibility index (Phi) is 8.04. The van der Waals surface area contributed by atoms with Gasteiger partial charge in [0.15, 0.2) is 9.84 Å². The third kappa shape index (κ3) is 5.82. The van der Waals surface area contributed by atoms with Crippen molar-refractivity contribution in [3.05, 3.63) is 65.2 Å². The van der Waals surface area contributed by atoms with E-state index in [1.165, 1.54) is 37.3 Å². The second-order valence-electron chi connectivity index (χ2n) is 10.1. The molecule has 0 aliphatic heterocycles. The number of aryl methyl sites for hydroxylation is 1. The molecule has 0 N–H and O–H groups in total. The number of halogens is 5. The first-order valence-corrected chi connectivity index (χ1v) is 13.5. The lowest BCUT2D eigenvalue weighted by atomic mass is 9.67. The minimum absolute atomic E-state index is 0.0101. The average molecular weight is 531 g/mol. The van der Waals surface area contributed by atoms with Crippen molar-refractivity contribution in [3.63, 3.8) is 0 Å². The van der Waals surface area contributed by atoms with Crippen LogP contribution in [0.5, 0.6) is 0 Å². The third-order valence-corrected chi connectivity index (χ3v) is 10.0. The molecule has 0 radical (unpaired) electrons. The number of rotatable bonds is 10. The zero-order valence-electron chi connectivity index (χ0n) is 20.5. The van der Waals surface area contributed by atoms with Gasteiger partial charge in [0.05, 0.1) is 15.2 Å². The predicted octanol–water partition coefficient (Wildman–Crippen LogP) is 7.38. The topological polar surface area (TPSA) is 51.2 Å². The number of benzene rings is 2. The highest BCUT2D eigenvalue weighted by Crippen LogP contribution is 2.47. The number of carbonyl (C=O) groups is 1. The summed E-state index contributed by atoms with van der Waals surface area (Å²) in [6, 6.07) is 9.78. The van der Waals surface area contributed by atoms with Crippen molar-refractivity contribution in [1.82, 2.24) is 0 Å². The molecule has 9 heteroatoms. The molecule has 1 aliphatic carbocycles. The van der Waals surface area contributed by atoms with Crippen molar-refractivity contribution in [1.29, 1.82) is 0 Å². The summed E-state index contributed by atoms with van der Waals surface area (Å²) in [7, 11) is -3.93. The third-order valence-electron chi connectivity index (χ3n) is 7.45. The van der Waals surface area contributed by atoms with Gasteiger partial charge in [0.2, 0.25) is 0 Å². The van der Waals surface area contributed by atoms with Crippen LogP contribution in [0.15, 0.2) is 53.4 Å². The van der Waals surface area contributed by atoms with Crippen LogP contribution in [0, 0.1) is 11.8 Å². The van der Waals surface area contributed by atoms with E-state index in [9.17, 15) is 35.2 Å². The Balaban J connectivity index is 1.56. The summed E-state index contributed by atoms with van der Waals surface area (Å²) < 4.78 is 91.7. The summed E-state index contributed by atoms with van der Waals surface area (Å²) in [4.78, 5) is 12.5. The van der Waals surface area contributed by atoms with Crippen LogP contribution in [0.2, 0.25) is 0 Å². The van der Waals surface area contributed by atoms with Crippen molar-refractivity contribution in [2.75, 3.05) is 0 Å². The van der Waals surface area contributed by atoms with Gasteiger partial charge in [-0.1, -0.05) is 31.2 Å². The van der Waals surface area contributed by atoms with E-state index in [0.717, 1.165) is 18.2 Å². The van der Waals surface area contributed by atoms with E-state index in [1.54, 1.807) is 13.8 Å². The standard InChI is InChI=1S/C27H31F5O3S/c1-4-26(28,29)21-8-6-9-23(17-21)36(34,35)25(2,3)22-15-19(16-22)24(33)10-5-7-18-11-13-20(14-12-18)27(30,31)32/h6,8-9,11-14,17,19,22H,4-5,7,10,15-16H2,1-3H3. The maximum atomic E-state index is 14.1. The lowest BCUT2D eigenvalue weighted by Crippen LogP contribution is -2.48. The molecule has 0 bridgehead atoms. The van der Waals surface area contributed by atoms with Gasteiger partial charge in [-0.15, -0.1) is 0 Å². The molecule has 2 aromatic rings. The van der Waals surface area contributed by atoms with E-state index < -0.39 is 38.7 Å². The maximum Gasteiger partial charge on any atom is 0.416 e. The molecule has 0 amide bonds. The lowest BCUT2D eigenvalue weighted by Gasteiger charge is -2.44. The molecule has 0 atom stereocenters. The number of sulfone groups is 1. The summed E-state index contributed by atoms with van der Waals surface area (Å²) >= 11 is 0.